The quantitative estimate of drug-likeness (QED) is 0.319. The maximum Gasteiger partial charge on any atom is 0.193 e. The van der Waals surface area contributed by atoms with Gasteiger partial charge in [0, 0.05) is 33.2 Å². The first-order chi connectivity index (χ1) is 12.8. The normalized spacial score (nSPS) is 16.9. The molecule has 144 valence electrons. The Morgan fingerprint density at radius 1 is 1.35 bits per heavy atom. The van der Waals surface area contributed by atoms with Gasteiger partial charge in [-0.05, 0) is 25.3 Å². The fraction of sp³-hybridized carbons (Fsp3) is 0.571. The molecule has 2 rings (SSSR count). The predicted octanol–water partition coefficient (Wildman–Crippen LogP) is 2.92. The third-order valence-electron chi connectivity index (χ3n) is 4.68. The highest BCUT2D eigenvalue weighted by Crippen LogP contribution is 2.22. The Hall–Kier alpha value is -1.85. The van der Waals surface area contributed by atoms with Gasteiger partial charge in [0.25, 0.3) is 0 Å². The summed E-state index contributed by atoms with van der Waals surface area (Å²) in [6.07, 6.45) is 4.10. The van der Waals surface area contributed by atoms with Gasteiger partial charge in [0.15, 0.2) is 5.96 Å². The average Bonchev–Trinajstić information content (AvgIpc) is 2.69. The lowest BCUT2D eigenvalue weighted by Gasteiger charge is -2.34. The van der Waals surface area contributed by atoms with Gasteiger partial charge < -0.3 is 15.0 Å². The Balaban J connectivity index is 2.10. The summed E-state index contributed by atoms with van der Waals surface area (Å²) in [7, 11) is 2.11. The van der Waals surface area contributed by atoms with Gasteiger partial charge in [-0.1, -0.05) is 36.4 Å². The minimum Gasteiger partial charge on any atom is -0.379 e. The van der Waals surface area contributed by atoms with Crippen molar-refractivity contribution < 1.29 is 4.74 Å². The van der Waals surface area contributed by atoms with Crippen molar-refractivity contribution in [3.8, 4) is 0 Å². The molecular weight excluding hydrogens is 324 g/mol. The summed E-state index contributed by atoms with van der Waals surface area (Å²) in [5.41, 5.74) is 1.32. The summed E-state index contributed by atoms with van der Waals surface area (Å²) in [5, 5.41) is 3.43. The molecule has 0 aliphatic carbocycles. The minimum absolute atomic E-state index is 0.287. The van der Waals surface area contributed by atoms with Crippen LogP contribution in [0.2, 0.25) is 0 Å². The maximum atomic E-state index is 5.54. The summed E-state index contributed by atoms with van der Waals surface area (Å²) in [5.74, 6) is 0.978. The third-order valence-corrected chi connectivity index (χ3v) is 4.68. The van der Waals surface area contributed by atoms with Crippen LogP contribution < -0.4 is 5.32 Å². The number of morpholine rings is 1. The van der Waals surface area contributed by atoms with E-state index in [-0.39, 0.29) is 6.04 Å². The number of nitrogens with one attached hydrogen (secondary N) is 1. The second-order valence-corrected chi connectivity index (χ2v) is 6.62. The standard InChI is InChI=1S/C21H34N4O/c1-4-6-10-13-24(3)21(22-5-2)23-18-20(19-11-8-7-9-12-19)25-14-16-26-17-15-25/h4,7-9,11-12,20H,1,5-6,10,13-18H2,2-3H3,(H,22,23). The van der Waals surface area contributed by atoms with Crippen molar-refractivity contribution in [2.45, 2.75) is 25.8 Å². The first-order valence-electron chi connectivity index (χ1n) is 9.73. The van der Waals surface area contributed by atoms with E-state index in [0.717, 1.165) is 64.7 Å². The van der Waals surface area contributed by atoms with E-state index in [1.165, 1.54) is 5.56 Å². The number of hydrogen-bond acceptors (Lipinski definition) is 3. The smallest absolute Gasteiger partial charge is 0.193 e. The van der Waals surface area contributed by atoms with Crippen LogP contribution in [-0.4, -0.2) is 68.7 Å². The van der Waals surface area contributed by atoms with Crippen molar-refractivity contribution in [1.29, 1.82) is 0 Å². The first kappa shape index (κ1) is 20.5. The average molecular weight is 359 g/mol. The monoisotopic (exact) mass is 358 g/mol. The second-order valence-electron chi connectivity index (χ2n) is 6.62. The highest BCUT2D eigenvalue weighted by atomic mass is 16.5. The molecule has 1 N–H and O–H groups in total. The lowest BCUT2D eigenvalue weighted by molar-refractivity contribution is 0.0179. The van der Waals surface area contributed by atoms with Gasteiger partial charge in [-0.3, -0.25) is 9.89 Å². The van der Waals surface area contributed by atoms with Crippen LogP contribution >= 0.6 is 0 Å². The van der Waals surface area contributed by atoms with E-state index >= 15 is 0 Å². The molecule has 1 saturated heterocycles. The van der Waals surface area contributed by atoms with E-state index in [1.54, 1.807) is 0 Å². The van der Waals surface area contributed by atoms with Gasteiger partial charge in [0.05, 0.1) is 25.8 Å². The Morgan fingerprint density at radius 3 is 2.73 bits per heavy atom. The van der Waals surface area contributed by atoms with Crippen molar-refractivity contribution in [1.82, 2.24) is 15.1 Å². The summed E-state index contributed by atoms with van der Waals surface area (Å²) in [6.45, 7) is 12.0. The van der Waals surface area contributed by atoms with Gasteiger partial charge in [-0.15, -0.1) is 6.58 Å². The molecule has 1 aromatic rings. The number of benzene rings is 1. The topological polar surface area (TPSA) is 40.1 Å². The van der Waals surface area contributed by atoms with Gasteiger partial charge in [0.1, 0.15) is 0 Å². The molecule has 0 bridgehead atoms. The van der Waals surface area contributed by atoms with E-state index in [4.69, 9.17) is 9.73 Å². The molecule has 26 heavy (non-hydrogen) atoms. The fourth-order valence-corrected chi connectivity index (χ4v) is 3.22. The summed E-state index contributed by atoms with van der Waals surface area (Å²) in [4.78, 5) is 9.67. The third kappa shape index (κ3) is 6.46. The van der Waals surface area contributed by atoms with Gasteiger partial charge in [-0.25, -0.2) is 0 Å². The number of unbranched alkanes of at least 4 members (excludes halogenated alkanes) is 1. The van der Waals surface area contributed by atoms with Crippen LogP contribution in [0, 0.1) is 0 Å². The fourth-order valence-electron chi connectivity index (χ4n) is 3.22. The maximum absolute atomic E-state index is 5.54. The molecule has 1 aliphatic rings. The van der Waals surface area contributed by atoms with Crippen molar-refractivity contribution >= 4 is 5.96 Å². The van der Waals surface area contributed by atoms with Crippen molar-refractivity contribution in [2.75, 3.05) is 53.0 Å². The number of guanidine groups is 1. The molecule has 0 spiro atoms. The number of nitrogens with zero attached hydrogens (tertiary/aromatic N) is 3. The highest BCUT2D eigenvalue weighted by molar-refractivity contribution is 5.79. The number of hydrogen-bond donors (Lipinski definition) is 1. The Labute approximate surface area is 158 Å². The van der Waals surface area contributed by atoms with E-state index < -0.39 is 0 Å². The molecule has 1 aromatic carbocycles. The Bertz CT molecular complexity index is 540. The van der Waals surface area contributed by atoms with E-state index in [9.17, 15) is 0 Å². The Morgan fingerprint density at radius 2 is 2.08 bits per heavy atom. The van der Waals surface area contributed by atoms with Crippen LogP contribution in [0.15, 0.2) is 48.0 Å². The molecular formula is C21H34N4O. The molecule has 0 aromatic heterocycles. The summed E-state index contributed by atoms with van der Waals surface area (Å²) >= 11 is 0. The molecule has 1 fully saturated rings. The van der Waals surface area contributed by atoms with Crippen molar-refractivity contribution in [2.24, 2.45) is 4.99 Å². The van der Waals surface area contributed by atoms with Gasteiger partial charge >= 0.3 is 0 Å². The lowest BCUT2D eigenvalue weighted by atomic mass is 10.0. The summed E-state index contributed by atoms with van der Waals surface area (Å²) in [6, 6.07) is 11.0. The number of rotatable bonds is 9. The van der Waals surface area contributed by atoms with Gasteiger partial charge in [0.2, 0.25) is 0 Å². The largest absolute Gasteiger partial charge is 0.379 e. The van der Waals surface area contributed by atoms with Crippen LogP contribution in [0.1, 0.15) is 31.4 Å². The predicted molar refractivity (Wildman–Crippen MR) is 110 cm³/mol. The minimum atomic E-state index is 0.287. The van der Waals surface area contributed by atoms with E-state index in [2.05, 4.69) is 66.0 Å². The molecule has 1 heterocycles. The van der Waals surface area contributed by atoms with Crippen LogP contribution in [0.25, 0.3) is 0 Å². The molecule has 0 radical (unpaired) electrons. The van der Waals surface area contributed by atoms with Crippen molar-refractivity contribution in [3.05, 3.63) is 48.6 Å². The molecule has 1 unspecified atom stereocenters. The van der Waals surface area contributed by atoms with Crippen LogP contribution in [0.5, 0.6) is 0 Å². The van der Waals surface area contributed by atoms with Crippen LogP contribution in [0.3, 0.4) is 0 Å². The second kappa shape index (κ2) is 11.7. The SMILES string of the molecule is C=CCCCN(C)C(=NCC(c1ccccc1)N1CCOCC1)NCC. The molecule has 1 aliphatic heterocycles. The van der Waals surface area contributed by atoms with Crippen LogP contribution in [0.4, 0.5) is 0 Å². The molecule has 5 heteroatoms. The van der Waals surface area contributed by atoms with E-state index in [0.29, 0.717) is 0 Å². The molecule has 0 amide bonds. The molecule has 5 nitrogen and oxygen atoms in total. The number of aliphatic imine (C=N–C) groups is 1. The van der Waals surface area contributed by atoms with Gasteiger partial charge in [-0.2, -0.15) is 0 Å². The zero-order valence-corrected chi connectivity index (χ0v) is 16.4. The lowest BCUT2D eigenvalue weighted by Crippen LogP contribution is -2.42. The zero-order valence-electron chi connectivity index (χ0n) is 16.4. The number of ether oxygens (including phenoxy) is 1. The van der Waals surface area contributed by atoms with Crippen LogP contribution in [-0.2, 0) is 4.74 Å². The molecule has 1 atom stereocenters. The zero-order chi connectivity index (χ0) is 18.6. The first-order valence-corrected chi connectivity index (χ1v) is 9.73. The highest BCUT2D eigenvalue weighted by Gasteiger charge is 2.22. The molecule has 0 saturated carbocycles. The van der Waals surface area contributed by atoms with E-state index in [1.807, 2.05) is 6.08 Å². The number of allylic oxidation sites excluding steroid dienone is 1. The summed E-state index contributed by atoms with van der Waals surface area (Å²) < 4.78 is 5.54. The van der Waals surface area contributed by atoms with Crippen molar-refractivity contribution in [3.63, 3.8) is 0 Å². The Kier molecular flexibility index (Phi) is 9.21.